The Hall–Kier alpha value is -2.45. The van der Waals surface area contributed by atoms with Crippen LogP contribution < -0.4 is 10.6 Å². The minimum atomic E-state index is -0.473. The van der Waals surface area contributed by atoms with E-state index in [0.29, 0.717) is 17.9 Å². The lowest BCUT2D eigenvalue weighted by atomic mass is 10.2. The van der Waals surface area contributed by atoms with E-state index in [1.807, 2.05) is 30.3 Å². The van der Waals surface area contributed by atoms with Crippen LogP contribution in [-0.4, -0.2) is 54.8 Å². The minimum Gasteiger partial charge on any atom is -0.469 e. The van der Waals surface area contributed by atoms with Crippen molar-refractivity contribution in [2.45, 2.75) is 51.4 Å². The Morgan fingerprint density at radius 2 is 1.62 bits per heavy atom. The Kier molecular flexibility index (Phi) is 13.1. The molecule has 0 spiro atoms. The van der Waals surface area contributed by atoms with Crippen molar-refractivity contribution >= 4 is 23.5 Å². The van der Waals surface area contributed by atoms with Crippen LogP contribution in [0.25, 0.3) is 0 Å². The molecule has 0 bridgehead atoms. The maximum atomic E-state index is 11.8. The maximum absolute atomic E-state index is 11.8. The second-order valence-corrected chi connectivity index (χ2v) is 6.77. The fourth-order valence-corrected chi connectivity index (χ4v) is 2.66. The molecule has 29 heavy (non-hydrogen) atoms. The molecule has 162 valence electrons. The average Bonchev–Trinajstić information content (AvgIpc) is 2.73. The zero-order valence-corrected chi connectivity index (χ0v) is 17.2. The van der Waals surface area contributed by atoms with E-state index in [1.54, 1.807) is 0 Å². The van der Waals surface area contributed by atoms with Gasteiger partial charge in [0.05, 0.1) is 13.5 Å². The van der Waals surface area contributed by atoms with Crippen LogP contribution in [-0.2, 0) is 19.1 Å². The lowest BCUT2D eigenvalue weighted by Crippen LogP contribution is -2.29. The van der Waals surface area contributed by atoms with Gasteiger partial charge in [0.25, 0.3) is 0 Å². The predicted molar refractivity (Wildman–Crippen MR) is 110 cm³/mol. The van der Waals surface area contributed by atoms with Crippen molar-refractivity contribution < 1.29 is 24.3 Å². The first-order valence-corrected chi connectivity index (χ1v) is 10.1. The molecule has 0 radical (unpaired) electrons. The number of nitrogens with one attached hydrogen (secondary N) is 2. The summed E-state index contributed by atoms with van der Waals surface area (Å²) in [5, 5.41) is 16.5. The van der Waals surface area contributed by atoms with Gasteiger partial charge in [-0.25, -0.2) is 5.06 Å². The molecule has 2 amide bonds. The third kappa shape index (κ3) is 12.6. The standard InChI is InChI=1S/C21H33N3O5/c1-29-21(27)14-13-20(26)24(28)17-9-8-16-22-15-7-3-6-12-19(25)23-18-10-4-2-5-11-18/h2,4-5,10-11,22,28H,3,6-9,12-17H2,1H3,(H,23,25). The molecule has 0 saturated carbocycles. The number of para-hydroxylation sites is 1. The van der Waals surface area contributed by atoms with Crippen molar-refractivity contribution in [3.8, 4) is 0 Å². The van der Waals surface area contributed by atoms with Crippen LogP contribution in [0.2, 0.25) is 0 Å². The molecule has 0 fully saturated rings. The molecule has 1 aromatic rings. The maximum Gasteiger partial charge on any atom is 0.306 e. The number of rotatable bonds is 15. The smallest absolute Gasteiger partial charge is 0.306 e. The Balaban J connectivity index is 1.91. The number of anilines is 1. The first-order chi connectivity index (χ1) is 14.0. The number of nitrogens with zero attached hydrogens (tertiary/aromatic N) is 1. The summed E-state index contributed by atoms with van der Waals surface area (Å²) in [4.78, 5) is 34.4. The number of benzene rings is 1. The van der Waals surface area contributed by atoms with E-state index >= 15 is 0 Å². The summed E-state index contributed by atoms with van der Waals surface area (Å²) in [6.45, 7) is 1.93. The SMILES string of the molecule is COC(=O)CCC(=O)N(O)CCCCNCCCCCC(=O)Nc1ccccc1. The van der Waals surface area contributed by atoms with Crippen LogP contribution in [0.5, 0.6) is 0 Å². The Labute approximate surface area is 172 Å². The summed E-state index contributed by atoms with van der Waals surface area (Å²) in [5.41, 5.74) is 0.825. The molecule has 0 heterocycles. The van der Waals surface area contributed by atoms with Crippen molar-refractivity contribution in [2.75, 3.05) is 32.1 Å². The van der Waals surface area contributed by atoms with Gasteiger partial charge < -0.3 is 15.4 Å². The van der Waals surface area contributed by atoms with Crippen LogP contribution in [0.1, 0.15) is 51.4 Å². The monoisotopic (exact) mass is 407 g/mol. The van der Waals surface area contributed by atoms with Crippen molar-refractivity contribution in [3.05, 3.63) is 30.3 Å². The van der Waals surface area contributed by atoms with Crippen LogP contribution in [0.15, 0.2) is 30.3 Å². The zero-order valence-electron chi connectivity index (χ0n) is 17.2. The highest BCUT2D eigenvalue weighted by atomic mass is 16.5. The van der Waals surface area contributed by atoms with Crippen LogP contribution in [0.4, 0.5) is 5.69 Å². The number of ether oxygens (including phenoxy) is 1. The number of carbonyl (C=O) groups excluding carboxylic acids is 3. The molecule has 1 rings (SSSR count). The molecule has 3 N–H and O–H groups in total. The molecule has 0 atom stereocenters. The van der Waals surface area contributed by atoms with Gasteiger partial charge in [-0.1, -0.05) is 24.6 Å². The molecule has 1 aromatic carbocycles. The van der Waals surface area contributed by atoms with Crippen molar-refractivity contribution in [3.63, 3.8) is 0 Å². The predicted octanol–water partition coefficient (Wildman–Crippen LogP) is 2.73. The first-order valence-electron chi connectivity index (χ1n) is 10.1. The molecular formula is C21H33N3O5. The van der Waals surface area contributed by atoms with Gasteiger partial charge in [-0.2, -0.15) is 0 Å². The van der Waals surface area contributed by atoms with E-state index in [9.17, 15) is 19.6 Å². The van der Waals surface area contributed by atoms with E-state index in [4.69, 9.17) is 0 Å². The van der Waals surface area contributed by atoms with Gasteiger partial charge in [-0.3, -0.25) is 19.6 Å². The summed E-state index contributed by atoms with van der Waals surface area (Å²) in [5.74, 6) is -0.897. The highest BCUT2D eigenvalue weighted by Gasteiger charge is 2.12. The highest BCUT2D eigenvalue weighted by Crippen LogP contribution is 2.07. The summed E-state index contributed by atoms with van der Waals surface area (Å²) in [7, 11) is 1.26. The Morgan fingerprint density at radius 1 is 0.931 bits per heavy atom. The Bertz CT molecular complexity index is 610. The zero-order chi connectivity index (χ0) is 21.3. The number of hydrogen-bond donors (Lipinski definition) is 3. The molecule has 0 aromatic heterocycles. The number of unbranched alkanes of at least 4 members (excludes halogenated alkanes) is 3. The number of hydrogen-bond acceptors (Lipinski definition) is 6. The van der Waals surface area contributed by atoms with E-state index in [2.05, 4.69) is 15.4 Å². The van der Waals surface area contributed by atoms with E-state index in [-0.39, 0.29) is 25.3 Å². The molecule has 0 unspecified atom stereocenters. The molecule has 0 saturated heterocycles. The van der Waals surface area contributed by atoms with Crippen LogP contribution in [0, 0.1) is 0 Å². The third-order valence-electron chi connectivity index (χ3n) is 4.35. The van der Waals surface area contributed by atoms with Crippen LogP contribution in [0.3, 0.4) is 0 Å². The number of hydroxylamine groups is 2. The molecule has 8 nitrogen and oxygen atoms in total. The quantitative estimate of drug-likeness (QED) is 0.179. The fraction of sp³-hybridized carbons (Fsp3) is 0.571. The van der Waals surface area contributed by atoms with Crippen molar-refractivity contribution in [1.82, 2.24) is 10.4 Å². The van der Waals surface area contributed by atoms with E-state index < -0.39 is 11.9 Å². The minimum absolute atomic E-state index is 0.0259. The van der Waals surface area contributed by atoms with Crippen molar-refractivity contribution in [1.29, 1.82) is 0 Å². The lowest BCUT2D eigenvalue weighted by Gasteiger charge is -2.14. The molecule has 0 aliphatic heterocycles. The van der Waals surface area contributed by atoms with Gasteiger partial charge in [0.15, 0.2) is 0 Å². The number of carbonyl (C=O) groups is 3. The number of methoxy groups -OCH3 is 1. The van der Waals surface area contributed by atoms with Gasteiger partial charge in [0, 0.05) is 25.1 Å². The number of amides is 2. The third-order valence-corrected chi connectivity index (χ3v) is 4.35. The highest BCUT2D eigenvalue weighted by molar-refractivity contribution is 5.90. The topological polar surface area (TPSA) is 108 Å². The molecule has 8 heteroatoms. The Morgan fingerprint density at radius 3 is 2.31 bits per heavy atom. The van der Waals surface area contributed by atoms with Gasteiger partial charge in [-0.15, -0.1) is 0 Å². The second-order valence-electron chi connectivity index (χ2n) is 6.77. The normalized spacial score (nSPS) is 10.4. The molecular weight excluding hydrogens is 374 g/mol. The summed E-state index contributed by atoms with van der Waals surface area (Å²) in [6.07, 6.45) is 4.78. The van der Waals surface area contributed by atoms with Gasteiger partial charge in [0.2, 0.25) is 11.8 Å². The summed E-state index contributed by atoms with van der Waals surface area (Å²) in [6, 6.07) is 9.44. The van der Waals surface area contributed by atoms with Crippen LogP contribution >= 0.6 is 0 Å². The van der Waals surface area contributed by atoms with Gasteiger partial charge in [-0.05, 0) is 50.9 Å². The number of esters is 1. The van der Waals surface area contributed by atoms with E-state index in [1.165, 1.54) is 7.11 Å². The van der Waals surface area contributed by atoms with Gasteiger partial charge in [0.1, 0.15) is 0 Å². The van der Waals surface area contributed by atoms with E-state index in [0.717, 1.165) is 44.5 Å². The molecule has 0 aliphatic rings. The molecule has 0 aliphatic carbocycles. The lowest BCUT2D eigenvalue weighted by molar-refractivity contribution is -0.167. The summed E-state index contributed by atoms with van der Waals surface area (Å²) >= 11 is 0. The second kappa shape index (κ2) is 15.5. The summed E-state index contributed by atoms with van der Waals surface area (Å²) < 4.78 is 4.46. The average molecular weight is 408 g/mol. The largest absolute Gasteiger partial charge is 0.469 e. The van der Waals surface area contributed by atoms with Gasteiger partial charge >= 0.3 is 5.97 Å². The van der Waals surface area contributed by atoms with Crippen molar-refractivity contribution in [2.24, 2.45) is 0 Å². The first kappa shape index (κ1) is 24.6. The fourth-order valence-electron chi connectivity index (χ4n) is 2.66.